The first-order valence-corrected chi connectivity index (χ1v) is 12.1. The molecule has 2 aromatic heterocycles. The lowest BCUT2D eigenvalue weighted by Crippen LogP contribution is -2.46. The van der Waals surface area contributed by atoms with E-state index < -0.39 is 23.8 Å². The molecule has 8 N–H and O–H groups in total. The number of ether oxygens (including phenoxy) is 1. The molecule has 2 aromatic carbocycles. The van der Waals surface area contributed by atoms with Crippen molar-refractivity contribution in [1.82, 2.24) is 15.0 Å². The number of nitrogens with zero attached hydrogens (tertiary/aromatic N) is 3. The molecule has 0 saturated carbocycles. The van der Waals surface area contributed by atoms with Gasteiger partial charge in [-0.05, 0) is 54.7 Å². The van der Waals surface area contributed by atoms with Crippen molar-refractivity contribution in [2.45, 2.75) is 31.7 Å². The minimum absolute atomic E-state index is 0.0510. The topological polar surface area (TPSA) is 204 Å². The van der Waals surface area contributed by atoms with E-state index in [1.807, 2.05) is 18.3 Å². The highest BCUT2D eigenvalue weighted by atomic mass is 16.5. The second-order valence-corrected chi connectivity index (χ2v) is 8.94. The molecule has 2 amide bonds. The van der Waals surface area contributed by atoms with Gasteiger partial charge in [-0.25, -0.2) is 4.79 Å². The van der Waals surface area contributed by atoms with E-state index in [1.54, 1.807) is 24.3 Å². The number of aromatic nitrogens is 3. The molecule has 2 heterocycles. The molecular weight excluding hydrogens is 502 g/mol. The SMILES string of the molecule is COC(=O)[C@H](CCC(N)=O)N(C(=O)c1ccc(CCc2c[nH]c3nc(N)nc(N)c23)cc1)c1cccc(O)c1. The highest BCUT2D eigenvalue weighted by Crippen LogP contribution is 2.27. The number of phenols is 1. The number of carbonyl (C=O) groups is 3. The molecule has 39 heavy (non-hydrogen) atoms. The van der Waals surface area contributed by atoms with Crippen molar-refractivity contribution in [3.05, 3.63) is 71.4 Å². The number of methoxy groups -OCH3 is 1. The number of carbonyl (C=O) groups excluding carboxylic acids is 3. The summed E-state index contributed by atoms with van der Waals surface area (Å²) in [5.41, 5.74) is 20.0. The average molecular weight is 532 g/mol. The summed E-state index contributed by atoms with van der Waals surface area (Å²) in [5.74, 6) is -1.54. The minimum Gasteiger partial charge on any atom is -0.508 e. The van der Waals surface area contributed by atoms with E-state index in [4.69, 9.17) is 21.9 Å². The Morgan fingerprint density at radius 2 is 1.82 bits per heavy atom. The van der Waals surface area contributed by atoms with Crippen LogP contribution in [0.4, 0.5) is 17.5 Å². The van der Waals surface area contributed by atoms with Crippen molar-refractivity contribution in [2.24, 2.45) is 5.73 Å². The molecule has 0 spiro atoms. The third kappa shape index (κ3) is 6.06. The summed E-state index contributed by atoms with van der Waals surface area (Å²) < 4.78 is 4.92. The lowest BCUT2D eigenvalue weighted by atomic mass is 10.0. The number of nitrogens with two attached hydrogens (primary N) is 3. The van der Waals surface area contributed by atoms with Crippen LogP contribution >= 0.6 is 0 Å². The number of benzene rings is 2. The number of anilines is 3. The van der Waals surface area contributed by atoms with E-state index in [1.165, 1.54) is 24.1 Å². The minimum atomic E-state index is -1.14. The average Bonchev–Trinajstić information content (AvgIpc) is 3.32. The van der Waals surface area contributed by atoms with Gasteiger partial charge in [0.1, 0.15) is 23.3 Å². The van der Waals surface area contributed by atoms with Crippen LogP contribution in [0.25, 0.3) is 11.0 Å². The molecule has 0 aliphatic carbocycles. The van der Waals surface area contributed by atoms with Crippen molar-refractivity contribution in [1.29, 1.82) is 0 Å². The van der Waals surface area contributed by atoms with E-state index in [9.17, 15) is 19.5 Å². The number of rotatable bonds is 10. The number of phenolic OH excluding ortho intramolecular Hbond substituents is 1. The maximum atomic E-state index is 13.7. The van der Waals surface area contributed by atoms with Gasteiger partial charge in [0.15, 0.2) is 0 Å². The lowest BCUT2D eigenvalue weighted by molar-refractivity contribution is -0.142. The Labute approximate surface area is 223 Å². The number of aryl methyl sites for hydroxylation is 2. The zero-order chi connectivity index (χ0) is 28.1. The summed E-state index contributed by atoms with van der Waals surface area (Å²) in [6.45, 7) is 0. The summed E-state index contributed by atoms with van der Waals surface area (Å²) >= 11 is 0. The first-order valence-electron chi connectivity index (χ1n) is 12.1. The van der Waals surface area contributed by atoms with Crippen LogP contribution in [0.3, 0.4) is 0 Å². The quantitative estimate of drug-likeness (QED) is 0.190. The smallest absolute Gasteiger partial charge is 0.328 e. The van der Waals surface area contributed by atoms with Crippen LogP contribution in [0.5, 0.6) is 5.75 Å². The van der Waals surface area contributed by atoms with E-state index in [2.05, 4.69) is 15.0 Å². The molecule has 4 aromatic rings. The number of nitrogens with one attached hydrogen (secondary N) is 1. The van der Waals surface area contributed by atoms with Crippen molar-refractivity contribution in [2.75, 3.05) is 23.5 Å². The number of aromatic hydroxyl groups is 1. The van der Waals surface area contributed by atoms with Crippen molar-refractivity contribution >= 4 is 46.3 Å². The van der Waals surface area contributed by atoms with Crippen molar-refractivity contribution < 1.29 is 24.2 Å². The summed E-state index contributed by atoms with van der Waals surface area (Å²) in [6.07, 6.45) is 2.91. The Balaban J connectivity index is 1.58. The van der Waals surface area contributed by atoms with Gasteiger partial charge < -0.3 is 32.0 Å². The van der Waals surface area contributed by atoms with Crippen LogP contribution in [0, 0.1) is 0 Å². The van der Waals surface area contributed by atoms with Gasteiger partial charge in [0.2, 0.25) is 11.9 Å². The maximum Gasteiger partial charge on any atom is 0.328 e. The second kappa shape index (κ2) is 11.5. The van der Waals surface area contributed by atoms with Gasteiger partial charge in [-0.15, -0.1) is 0 Å². The summed E-state index contributed by atoms with van der Waals surface area (Å²) in [7, 11) is 1.20. The number of esters is 1. The number of nitrogen functional groups attached to an aromatic ring is 2. The molecule has 1 atom stereocenters. The number of H-pyrrole nitrogens is 1. The lowest BCUT2D eigenvalue weighted by Gasteiger charge is -2.30. The van der Waals surface area contributed by atoms with Gasteiger partial charge in [-0.1, -0.05) is 18.2 Å². The standard InChI is InChI=1S/C27H29N7O5/c1-39-26(38)20(11-12-21(28)36)34(18-3-2-4-19(35)13-18)25(37)16-8-5-15(6-9-16)7-10-17-14-31-24-22(17)23(29)32-27(30)33-24/h2-6,8-9,13-14,20,35H,7,10-12H2,1H3,(H2,28,36)(H5,29,30,31,32,33)/t20-/m0/s1. The number of hydrogen-bond donors (Lipinski definition) is 5. The van der Waals surface area contributed by atoms with E-state index >= 15 is 0 Å². The predicted molar refractivity (Wildman–Crippen MR) is 146 cm³/mol. The fourth-order valence-electron chi connectivity index (χ4n) is 4.42. The van der Waals surface area contributed by atoms with Crippen LogP contribution in [0.2, 0.25) is 0 Å². The van der Waals surface area contributed by atoms with E-state index in [-0.39, 0.29) is 30.2 Å². The molecule has 0 fully saturated rings. The molecule has 0 saturated heterocycles. The Morgan fingerprint density at radius 1 is 1.08 bits per heavy atom. The van der Waals surface area contributed by atoms with E-state index in [0.717, 1.165) is 16.5 Å². The molecular formula is C27H29N7O5. The van der Waals surface area contributed by atoms with Crippen LogP contribution in [-0.4, -0.2) is 51.0 Å². The monoisotopic (exact) mass is 531 g/mol. The van der Waals surface area contributed by atoms with Crippen LogP contribution < -0.4 is 22.1 Å². The fourth-order valence-corrected chi connectivity index (χ4v) is 4.42. The predicted octanol–water partition coefficient (Wildman–Crippen LogP) is 2.07. The Morgan fingerprint density at radius 3 is 2.49 bits per heavy atom. The normalized spacial score (nSPS) is 11.7. The van der Waals surface area contributed by atoms with Gasteiger partial charge in [-0.2, -0.15) is 9.97 Å². The Hall–Kier alpha value is -5.13. The fraction of sp³-hybridized carbons (Fsp3) is 0.222. The highest BCUT2D eigenvalue weighted by molar-refractivity contribution is 6.09. The zero-order valence-electron chi connectivity index (χ0n) is 21.3. The molecule has 12 nitrogen and oxygen atoms in total. The summed E-state index contributed by atoms with van der Waals surface area (Å²) in [6, 6.07) is 11.7. The molecule has 12 heteroatoms. The summed E-state index contributed by atoms with van der Waals surface area (Å²) in [4.78, 5) is 50.3. The summed E-state index contributed by atoms with van der Waals surface area (Å²) in [5, 5.41) is 10.8. The molecule has 4 rings (SSSR count). The van der Waals surface area contributed by atoms with E-state index in [0.29, 0.717) is 29.9 Å². The van der Waals surface area contributed by atoms with Gasteiger partial charge >= 0.3 is 5.97 Å². The Bertz CT molecular complexity index is 1520. The first-order chi connectivity index (χ1) is 18.7. The number of amides is 2. The third-order valence-corrected chi connectivity index (χ3v) is 6.32. The number of aromatic amines is 1. The molecule has 0 unspecified atom stereocenters. The van der Waals surface area contributed by atoms with Crippen molar-refractivity contribution in [3.8, 4) is 5.75 Å². The first kappa shape index (κ1) is 26.9. The van der Waals surface area contributed by atoms with Crippen LogP contribution in [0.1, 0.15) is 34.3 Å². The maximum absolute atomic E-state index is 13.7. The van der Waals surface area contributed by atoms with Gasteiger partial charge in [0, 0.05) is 29.9 Å². The number of primary amides is 1. The van der Waals surface area contributed by atoms with Crippen LogP contribution in [-0.2, 0) is 27.2 Å². The molecule has 0 radical (unpaired) electrons. The van der Waals surface area contributed by atoms with Gasteiger partial charge in [0.05, 0.1) is 12.5 Å². The molecule has 0 aliphatic rings. The largest absolute Gasteiger partial charge is 0.508 e. The number of fused-ring (bicyclic) bond motifs is 1. The second-order valence-electron chi connectivity index (χ2n) is 8.94. The van der Waals surface area contributed by atoms with Gasteiger partial charge in [0.25, 0.3) is 5.91 Å². The van der Waals surface area contributed by atoms with Crippen LogP contribution in [0.15, 0.2) is 54.7 Å². The highest BCUT2D eigenvalue weighted by Gasteiger charge is 2.33. The molecule has 202 valence electrons. The third-order valence-electron chi connectivity index (χ3n) is 6.32. The number of hydrogen-bond acceptors (Lipinski definition) is 9. The molecule has 0 bridgehead atoms. The van der Waals surface area contributed by atoms with Crippen molar-refractivity contribution in [3.63, 3.8) is 0 Å². The molecule has 0 aliphatic heterocycles. The Kier molecular flexibility index (Phi) is 7.94. The van der Waals surface area contributed by atoms with Gasteiger partial charge in [-0.3, -0.25) is 14.5 Å². The zero-order valence-corrected chi connectivity index (χ0v) is 21.3.